The summed E-state index contributed by atoms with van der Waals surface area (Å²) in [6.07, 6.45) is 3.28. The predicted molar refractivity (Wildman–Crippen MR) is 94.0 cm³/mol. The number of esters is 1. The highest BCUT2D eigenvalue weighted by atomic mass is 19.1. The van der Waals surface area contributed by atoms with Crippen molar-refractivity contribution >= 4 is 11.9 Å². The Morgan fingerprint density at radius 2 is 1.77 bits per heavy atom. The van der Waals surface area contributed by atoms with Crippen LogP contribution in [0.5, 0.6) is 0 Å². The second-order valence-electron chi connectivity index (χ2n) is 6.43. The number of amides is 1. The molecule has 1 fully saturated rings. The highest BCUT2D eigenvalue weighted by molar-refractivity contribution is 5.90. The normalized spacial score (nSPS) is 16.0. The third-order valence-corrected chi connectivity index (χ3v) is 4.50. The van der Waals surface area contributed by atoms with E-state index in [1.54, 1.807) is 30.0 Å². The first-order chi connectivity index (χ1) is 12.6. The molecule has 5 nitrogen and oxygen atoms in total. The molecule has 0 unspecified atom stereocenters. The van der Waals surface area contributed by atoms with Crippen LogP contribution in [0.1, 0.15) is 43.2 Å². The lowest BCUT2D eigenvalue weighted by Gasteiger charge is -2.23. The Morgan fingerprint density at radius 1 is 1.08 bits per heavy atom. The minimum absolute atomic E-state index is 0.0567. The molecule has 0 N–H and O–H groups in total. The van der Waals surface area contributed by atoms with Crippen LogP contribution >= 0.6 is 0 Å². The van der Waals surface area contributed by atoms with Gasteiger partial charge in [0.2, 0.25) is 5.76 Å². The first kappa shape index (κ1) is 18.2. The topological polar surface area (TPSA) is 59.8 Å². The zero-order valence-electron chi connectivity index (χ0n) is 14.7. The number of furan rings is 1. The largest absolute Gasteiger partial charge is 0.449 e. The lowest BCUT2D eigenvalue weighted by Crippen LogP contribution is -2.40. The monoisotopic (exact) mass is 359 g/mol. The Hall–Kier alpha value is -2.63. The average molecular weight is 359 g/mol. The maximum absolute atomic E-state index is 13.8. The molecule has 0 radical (unpaired) electrons. The van der Waals surface area contributed by atoms with Crippen LogP contribution in [0.3, 0.4) is 0 Å². The van der Waals surface area contributed by atoms with Crippen LogP contribution in [0, 0.1) is 5.82 Å². The summed E-state index contributed by atoms with van der Waals surface area (Å²) in [5, 5.41) is 0. The molecule has 2 heterocycles. The van der Waals surface area contributed by atoms with Gasteiger partial charge in [-0.2, -0.15) is 0 Å². The number of halogens is 1. The Morgan fingerprint density at radius 3 is 2.46 bits per heavy atom. The van der Waals surface area contributed by atoms with Crippen LogP contribution in [0.15, 0.2) is 40.8 Å². The summed E-state index contributed by atoms with van der Waals surface area (Å²) < 4.78 is 24.5. The smallest absolute Gasteiger partial charge is 0.375 e. The number of likely N-dealkylation sites (tertiary alicyclic amines) is 1. The van der Waals surface area contributed by atoms with Crippen LogP contribution in [0.2, 0.25) is 0 Å². The van der Waals surface area contributed by atoms with E-state index in [4.69, 9.17) is 9.15 Å². The van der Waals surface area contributed by atoms with E-state index in [0.29, 0.717) is 13.1 Å². The number of hydrogen-bond acceptors (Lipinski definition) is 4. The Labute approximate surface area is 151 Å². The molecule has 1 amide bonds. The molecule has 3 rings (SSSR count). The van der Waals surface area contributed by atoms with Crippen molar-refractivity contribution < 1.29 is 23.1 Å². The molecule has 1 aliphatic heterocycles. The van der Waals surface area contributed by atoms with E-state index in [1.165, 1.54) is 18.2 Å². The number of carbonyl (C=O) groups excluding carboxylic acids is 2. The Kier molecular flexibility index (Phi) is 5.71. The van der Waals surface area contributed by atoms with Crippen molar-refractivity contribution in [3.05, 3.63) is 48.0 Å². The van der Waals surface area contributed by atoms with Gasteiger partial charge in [0.05, 0.1) is 5.56 Å². The summed E-state index contributed by atoms with van der Waals surface area (Å²) in [6.45, 7) is 2.95. The van der Waals surface area contributed by atoms with Gasteiger partial charge in [-0.15, -0.1) is 0 Å². The minimum Gasteiger partial charge on any atom is -0.449 e. The van der Waals surface area contributed by atoms with Crippen LogP contribution in [-0.4, -0.2) is 36.0 Å². The van der Waals surface area contributed by atoms with Gasteiger partial charge in [-0.1, -0.05) is 25.0 Å². The number of ether oxygens (including phenoxy) is 1. The number of nitrogens with zero attached hydrogens (tertiary/aromatic N) is 1. The highest BCUT2D eigenvalue weighted by Crippen LogP contribution is 2.25. The molecule has 1 aromatic carbocycles. The lowest BCUT2D eigenvalue weighted by atomic mass is 10.1. The van der Waals surface area contributed by atoms with Gasteiger partial charge < -0.3 is 14.1 Å². The Balaban J connectivity index is 1.64. The molecule has 1 aliphatic rings. The van der Waals surface area contributed by atoms with Gasteiger partial charge in [0.25, 0.3) is 5.91 Å². The summed E-state index contributed by atoms with van der Waals surface area (Å²) in [5.41, 5.74) is 0.264. The Bertz CT molecular complexity index is 778. The SMILES string of the molecule is C[C@H](OC(=O)c1ccc(-c2ccccc2F)o1)C(=O)N1CCCCCC1. The molecular formula is C20H22FNO4. The first-order valence-electron chi connectivity index (χ1n) is 8.91. The molecule has 2 aromatic rings. The summed E-state index contributed by atoms with van der Waals surface area (Å²) >= 11 is 0. The van der Waals surface area contributed by atoms with E-state index < -0.39 is 17.9 Å². The van der Waals surface area contributed by atoms with E-state index in [1.807, 2.05) is 0 Å². The molecule has 1 atom stereocenters. The molecule has 0 saturated carbocycles. The average Bonchev–Trinajstić information content (AvgIpc) is 2.97. The van der Waals surface area contributed by atoms with Gasteiger partial charge in [0.15, 0.2) is 6.10 Å². The minimum atomic E-state index is -0.886. The van der Waals surface area contributed by atoms with Gasteiger partial charge in [0.1, 0.15) is 11.6 Å². The van der Waals surface area contributed by atoms with E-state index in [-0.39, 0.29) is 23.0 Å². The molecule has 1 saturated heterocycles. The van der Waals surface area contributed by atoms with Crippen LogP contribution < -0.4 is 0 Å². The number of benzene rings is 1. The quantitative estimate of drug-likeness (QED) is 0.773. The van der Waals surface area contributed by atoms with Crippen molar-refractivity contribution in [3.8, 4) is 11.3 Å². The third kappa shape index (κ3) is 4.12. The summed E-state index contributed by atoms with van der Waals surface area (Å²) in [6, 6.07) is 9.07. The van der Waals surface area contributed by atoms with Gasteiger partial charge >= 0.3 is 5.97 Å². The predicted octanol–water partition coefficient (Wildman–Crippen LogP) is 4.03. The number of rotatable bonds is 4. The molecule has 0 aliphatic carbocycles. The molecule has 0 spiro atoms. The second kappa shape index (κ2) is 8.17. The molecule has 6 heteroatoms. The number of carbonyl (C=O) groups is 2. The second-order valence-corrected chi connectivity index (χ2v) is 6.43. The van der Waals surface area contributed by atoms with Crippen molar-refractivity contribution in [2.75, 3.05) is 13.1 Å². The zero-order valence-corrected chi connectivity index (χ0v) is 14.7. The molecule has 0 bridgehead atoms. The van der Waals surface area contributed by atoms with Crippen molar-refractivity contribution in [1.82, 2.24) is 4.90 Å². The number of hydrogen-bond donors (Lipinski definition) is 0. The third-order valence-electron chi connectivity index (χ3n) is 4.50. The van der Waals surface area contributed by atoms with Gasteiger partial charge in [-0.05, 0) is 44.0 Å². The van der Waals surface area contributed by atoms with Crippen molar-refractivity contribution in [3.63, 3.8) is 0 Å². The lowest BCUT2D eigenvalue weighted by molar-refractivity contribution is -0.139. The van der Waals surface area contributed by atoms with Crippen molar-refractivity contribution in [2.45, 2.75) is 38.7 Å². The summed E-state index contributed by atoms with van der Waals surface area (Å²) in [4.78, 5) is 26.5. The fraction of sp³-hybridized carbons (Fsp3) is 0.400. The zero-order chi connectivity index (χ0) is 18.5. The maximum Gasteiger partial charge on any atom is 0.375 e. The summed E-state index contributed by atoms with van der Waals surface area (Å²) in [7, 11) is 0. The molecular weight excluding hydrogens is 337 g/mol. The van der Waals surface area contributed by atoms with E-state index in [0.717, 1.165) is 25.7 Å². The van der Waals surface area contributed by atoms with Gasteiger partial charge in [-0.3, -0.25) is 4.79 Å². The van der Waals surface area contributed by atoms with Crippen molar-refractivity contribution in [1.29, 1.82) is 0 Å². The van der Waals surface area contributed by atoms with Gasteiger partial charge in [-0.25, -0.2) is 9.18 Å². The van der Waals surface area contributed by atoms with Crippen LogP contribution in [0.25, 0.3) is 11.3 Å². The van der Waals surface area contributed by atoms with Crippen LogP contribution in [0.4, 0.5) is 4.39 Å². The van der Waals surface area contributed by atoms with E-state index in [9.17, 15) is 14.0 Å². The van der Waals surface area contributed by atoms with Gasteiger partial charge in [0, 0.05) is 13.1 Å². The standard InChI is InChI=1S/C20H22FNO4/c1-14(19(23)22-12-6-2-3-7-13-22)25-20(24)18-11-10-17(26-18)15-8-4-5-9-16(15)21/h4-5,8-11,14H,2-3,6-7,12-13H2,1H3/t14-/m0/s1. The van der Waals surface area contributed by atoms with Crippen LogP contribution in [-0.2, 0) is 9.53 Å². The molecule has 26 heavy (non-hydrogen) atoms. The fourth-order valence-corrected chi connectivity index (χ4v) is 3.07. The molecule has 138 valence electrons. The summed E-state index contributed by atoms with van der Waals surface area (Å²) in [5.74, 6) is -1.18. The van der Waals surface area contributed by atoms with E-state index in [2.05, 4.69) is 0 Å². The first-order valence-corrected chi connectivity index (χ1v) is 8.91. The van der Waals surface area contributed by atoms with E-state index >= 15 is 0 Å². The highest BCUT2D eigenvalue weighted by Gasteiger charge is 2.26. The molecule has 1 aromatic heterocycles. The maximum atomic E-state index is 13.8. The fourth-order valence-electron chi connectivity index (χ4n) is 3.07. The van der Waals surface area contributed by atoms with Crippen molar-refractivity contribution in [2.24, 2.45) is 0 Å².